The van der Waals surface area contributed by atoms with E-state index in [0.717, 1.165) is 17.7 Å². The summed E-state index contributed by atoms with van der Waals surface area (Å²) in [6.45, 7) is 0. The Balaban J connectivity index is 1.88. The maximum atomic E-state index is 12.9. The molecule has 0 amide bonds. The monoisotopic (exact) mass is 426 g/mol. The second-order valence-corrected chi connectivity index (χ2v) is 6.99. The molecule has 0 aliphatic heterocycles. The third-order valence-corrected chi connectivity index (χ3v) is 4.83. The third kappa shape index (κ3) is 4.00. The van der Waals surface area contributed by atoms with Gasteiger partial charge in [0.2, 0.25) is 0 Å². The summed E-state index contributed by atoms with van der Waals surface area (Å²) in [6.07, 6.45) is -2.88. The van der Waals surface area contributed by atoms with Crippen molar-refractivity contribution < 1.29 is 18.3 Å². The van der Waals surface area contributed by atoms with Gasteiger partial charge in [0.05, 0.1) is 11.3 Å². The second kappa shape index (κ2) is 7.80. The molecule has 3 aromatic carbocycles. The van der Waals surface area contributed by atoms with Crippen molar-refractivity contribution in [3.8, 4) is 39.5 Å². The van der Waals surface area contributed by atoms with Crippen LogP contribution in [0.1, 0.15) is 5.56 Å². The fraction of sp³-hybridized carbons (Fsp3) is 0.0435. The van der Waals surface area contributed by atoms with Gasteiger partial charge in [-0.25, -0.2) is 9.97 Å². The average molecular weight is 427 g/mol. The van der Waals surface area contributed by atoms with E-state index >= 15 is 0 Å². The highest BCUT2D eigenvalue weighted by molar-refractivity contribution is 6.30. The van der Waals surface area contributed by atoms with E-state index < -0.39 is 11.7 Å². The third-order valence-electron chi connectivity index (χ3n) is 4.57. The van der Waals surface area contributed by atoms with Gasteiger partial charge in [-0.05, 0) is 54.1 Å². The lowest BCUT2D eigenvalue weighted by Crippen LogP contribution is -2.04. The summed E-state index contributed by atoms with van der Waals surface area (Å²) in [4.78, 5) is 9.00. The number of benzene rings is 3. The second-order valence-electron chi connectivity index (χ2n) is 6.56. The fourth-order valence-electron chi connectivity index (χ4n) is 3.05. The van der Waals surface area contributed by atoms with Crippen molar-refractivity contribution in [2.24, 2.45) is 0 Å². The molecule has 0 fully saturated rings. The van der Waals surface area contributed by atoms with E-state index in [9.17, 15) is 18.3 Å². The fourth-order valence-corrected chi connectivity index (χ4v) is 3.18. The Morgan fingerprint density at radius 1 is 0.767 bits per heavy atom. The van der Waals surface area contributed by atoms with Gasteiger partial charge in [-0.2, -0.15) is 13.2 Å². The number of aromatic nitrogens is 2. The zero-order valence-electron chi connectivity index (χ0n) is 15.4. The smallest absolute Gasteiger partial charge is 0.416 e. The van der Waals surface area contributed by atoms with Gasteiger partial charge in [0.1, 0.15) is 5.75 Å². The molecule has 0 bridgehead atoms. The minimum atomic E-state index is -4.42. The quantitative estimate of drug-likeness (QED) is 0.389. The van der Waals surface area contributed by atoms with Crippen LogP contribution >= 0.6 is 11.6 Å². The molecule has 0 atom stereocenters. The van der Waals surface area contributed by atoms with E-state index in [4.69, 9.17) is 11.6 Å². The number of phenols is 1. The number of rotatable bonds is 3. The van der Waals surface area contributed by atoms with Crippen LogP contribution in [-0.4, -0.2) is 15.1 Å². The predicted molar refractivity (Wildman–Crippen MR) is 110 cm³/mol. The zero-order valence-corrected chi connectivity index (χ0v) is 16.1. The number of aromatic hydroxyl groups is 1. The van der Waals surface area contributed by atoms with E-state index in [2.05, 4.69) is 9.97 Å². The summed E-state index contributed by atoms with van der Waals surface area (Å²) in [7, 11) is 0. The lowest BCUT2D eigenvalue weighted by molar-refractivity contribution is -0.137. The first-order valence-corrected chi connectivity index (χ1v) is 9.30. The Labute approximate surface area is 175 Å². The maximum Gasteiger partial charge on any atom is 0.416 e. The molecule has 4 rings (SSSR count). The first-order chi connectivity index (χ1) is 14.3. The van der Waals surface area contributed by atoms with Gasteiger partial charge in [0.15, 0.2) is 5.82 Å². The molecule has 150 valence electrons. The van der Waals surface area contributed by atoms with Gasteiger partial charge >= 0.3 is 6.18 Å². The molecular formula is C23H14ClF3N2O. The van der Waals surface area contributed by atoms with Crippen molar-refractivity contribution in [3.63, 3.8) is 0 Å². The number of hydrogen-bond donors (Lipinski definition) is 1. The largest absolute Gasteiger partial charge is 0.507 e. The summed E-state index contributed by atoms with van der Waals surface area (Å²) in [6, 6.07) is 18.4. The number of alkyl halides is 3. The predicted octanol–water partition coefficient (Wildman–Crippen LogP) is 6.86. The van der Waals surface area contributed by atoms with Gasteiger partial charge in [-0.1, -0.05) is 35.9 Å². The summed E-state index contributed by atoms with van der Waals surface area (Å²) < 4.78 is 38.8. The zero-order chi connectivity index (χ0) is 21.3. The molecular weight excluding hydrogens is 413 g/mol. The molecule has 1 heterocycles. The molecule has 7 heteroatoms. The molecule has 1 aromatic heterocycles. The molecule has 0 unspecified atom stereocenters. The van der Waals surface area contributed by atoms with Crippen molar-refractivity contribution in [3.05, 3.63) is 89.6 Å². The molecule has 4 aromatic rings. The highest BCUT2D eigenvalue weighted by Crippen LogP contribution is 2.37. The van der Waals surface area contributed by atoms with Crippen molar-refractivity contribution in [1.82, 2.24) is 9.97 Å². The Hall–Kier alpha value is -3.38. The molecule has 0 saturated carbocycles. The van der Waals surface area contributed by atoms with Crippen LogP contribution < -0.4 is 0 Å². The van der Waals surface area contributed by atoms with Crippen LogP contribution in [0.3, 0.4) is 0 Å². The number of para-hydroxylation sites is 1. The van der Waals surface area contributed by atoms with Crippen LogP contribution in [0.25, 0.3) is 33.8 Å². The number of halogens is 4. The SMILES string of the molecule is Oc1ccccc1-c1nc(-c2ccc(Cl)cc2)ncc1-c1ccc(C(F)(F)F)cc1. The number of phenolic OH excluding ortho intramolecular Hbond substituents is 1. The highest BCUT2D eigenvalue weighted by Gasteiger charge is 2.30. The van der Waals surface area contributed by atoms with Crippen LogP contribution in [0.15, 0.2) is 79.0 Å². The van der Waals surface area contributed by atoms with Crippen molar-refractivity contribution in [2.75, 3.05) is 0 Å². The summed E-state index contributed by atoms with van der Waals surface area (Å²) >= 11 is 5.94. The van der Waals surface area contributed by atoms with E-state index in [0.29, 0.717) is 33.2 Å². The van der Waals surface area contributed by atoms with Gasteiger partial charge in [0, 0.05) is 27.9 Å². The van der Waals surface area contributed by atoms with Crippen LogP contribution in [-0.2, 0) is 6.18 Å². The minimum absolute atomic E-state index is 0.00594. The van der Waals surface area contributed by atoms with Gasteiger partial charge < -0.3 is 5.11 Å². The molecule has 0 aliphatic carbocycles. The summed E-state index contributed by atoms with van der Waals surface area (Å²) in [5, 5.41) is 10.9. The molecule has 1 N–H and O–H groups in total. The topological polar surface area (TPSA) is 46.0 Å². The maximum absolute atomic E-state index is 12.9. The highest BCUT2D eigenvalue weighted by atomic mass is 35.5. The van der Waals surface area contributed by atoms with Crippen molar-refractivity contribution >= 4 is 11.6 Å². The van der Waals surface area contributed by atoms with Gasteiger partial charge in [0.25, 0.3) is 0 Å². The average Bonchev–Trinajstić information content (AvgIpc) is 2.74. The van der Waals surface area contributed by atoms with Crippen LogP contribution in [0.5, 0.6) is 5.75 Å². The van der Waals surface area contributed by atoms with E-state index in [1.54, 1.807) is 48.7 Å². The lowest BCUT2D eigenvalue weighted by Gasteiger charge is -2.13. The lowest BCUT2D eigenvalue weighted by atomic mass is 9.98. The Kier molecular flexibility index (Phi) is 5.18. The first-order valence-electron chi connectivity index (χ1n) is 8.92. The molecule has 0 spiro atoms. The molecule has 3 nitrogen and oxygen atoms in total. The van der Waals surface area contributed by atoms with Crippen LogP contribution in [0.2, 0.25) is 5.02 Å². The van der Waals surface area contributed by atoms with Crippen molar-refractivity contribution in [1.29, 1.82) is 0 Å². The Morgan fingerprint density at radius 3 is 2.03 bits per heavy atom. The number of nitrogens with zero attached hydrogens (tertiary/aromatic N) is 2. The van der Waals surface area contributed by atoms with Crippen molar-refractivity contribution in [2.45, 2.75) is 6.18 Å². The van der Waals surface area contributed by atoms with Crippen LogP contribution in [0.4, 0.5) is 13.2 Å². The molecule has 0 radical (unpaired) electrons. The van der Waals surface area contributed by atoms with E-state index in [-0.39, 0.29) is 5.75 Å². The molecule has 0 saturated heterocycles. The van der Waals surface area contributed by atoms with Gasteiger partial charge in [-0.15, -0.1) is 0 Å². The Morgan fingerprint density at radius 2 is 1.40 bits per heavy atom. The summed E-state index contributed by atoms with van der Waals surface area (Å²) in [5.74, 6) is 0.409. The minimum Gasteiger partial charge on any atom is -0.507 e. The normalized spacial score (nSPS) is 11.5. The molecule has 30 heavy (non-hydrogen) atoms. The number of hydrogen-bond acceptors (Lipinski definition) is 3. The molecule has 0 aliphatic rings. The van der Waals surface area contributed by atoms with E-state index in [1.165, 1.54) is 18.2 Å². The van der Waals surface area contributed by atoms with Gasteiger partial charge in [-0.3, -0.25) is 0 Å². The summed E-state index contributed by atoms with van der Waals surface area (Å²) in [5.41, 5.74) is 1.84. The first kappa shape index (κ1) is 19.9. The van der Waals surface area contributed by atoms with Crippen LogP contribution in [0, 0.1) is 0 Å². The standard InChI is InChI=1S/C23H14ClF3N2O/c24-17-11-7-15(8-12-17)22-28-13-19(14-5-9-16(10-6-14)23(25,26)27)21(29-22)18-3-1-2-4-20(18)30/h1-13,30H. The Bertz CT molecular complexity index is 1190. The van der Waals surface area contributed by atoms with E-state index in [1.807, 2.05) is 0 Å².